The fourth-order valence-electron chi connectivity index (χ4n) is 1.70. The summed E-state index contributed by atoms with van der Waals surface area (Å²) in [7, 11) is 0. The predicted octanol–water partition coefficient (Wildman–Crippen LogP) is 0.762. The minimum absolute atomic E-state index is 0.000870. The smallest absolute Gasteiger partial charge is 0.328 e. The van der Waals surface area contributed by atoms with Crippen molar-refractivity contribution in [3.63, 3.8) is 0 Å². The summed E-state index contributed by atoms with van der Waals surface area (Å²) >= 11 is 0. The van der Waals surface area contributed by atoms with Gasteiger partial charge in [0.15, 0.2) is 6.04 Å². The van der Waals surface area contributed by atoms with Crippen molar-refractivity contribution in [3.8, 4) is 5.75 Å². The number of amides is 2. The number of phenols is 1. The number of nitrogens with zero attached hydrogens (tertiary/aromatic N) is 1. The van der Waals surface area contributed by atoms with Crippen LogP contribution in [0.1, 0.15) is 13.8 Å². The Kier molecular flexibility index (Phi) is 5.33. The fraction of sp³-hybridized carbons (Fsp3) is 0.385. The number of aliphatic hydroxyl groups is 1. The highest BCUT2D eigenvalue weighted by Gasteiger charge is 2.27. The molecule has 2 amide bonds. The van der Waals surface area contributed by atoms with Gasteiger partial charge in [0.1, 0.15) is 5.75 Å². The zero-order valence-corrected chi connectivity index (χ0v) is 11.3. The summed E-state index contributed by atoms with van der Waals surface area (Å²) in [6.45, 7) is 3.27. The lowest BCUT2D eigenvalue weighted by molar-refractivity contribution is -0.141. The number of hydrogen-bond acceptors (Lipinski definition) is 4. The largest absolute Gasteiger partial charge is 0.508 e. The monoisotopic (exact) mass is 282 g/mol. The first-order valence-electron chi connectivity index (χ1n) is 6.14. The van der Waals surface area contributed by atoms with Crippen molar-refractivity contribution in [1.29, 1.82) is 0 Å². The minimum atomic E-state index is -1.39. The quantitative estimate of drug-likeness (QED) is 0.637. The van der Waals surface area contributed by atoms with Crippen molar-refractivity contribution < 1.29 is 24.9 Å². The van der Waals surface area contributed by atoms with Crippen LogP contribution in [0.2, 0.25) is 0 Å². The number of aromatic hydroxyl groups is 1. The number of anilines is 1. The third kappa shape index (κ3) is 3.86. The molecule has 0 aliphatic heterocycles. The molecule has 0 aromatic heterocycles. The highest BCUT2D eigenvalue weighted by Crippen LogP contribution is 2.20. The van der Waals surface area contributed by atoms with Crippen LogP contribution in [0.25, 0.3) is 0 Å². The lowest BCUT2D eigenvalue weighted by atomic mass is 10.2. The zero-order valence-electron chi connectivity index (χ0n) is 11.3. The van der Waals surface area contributed by atoms with Crippen molar-refractivity contribution in [1.82, 2.24) is 5.32 Å². The summed E-state index contributed by atoms with van der Waals surface area (Å²) in [5, 5.41) is 29.9. The number of nitrogens with one attached hydrogen (secondary N) is 1. The van der Waals surface area contributed by atoms with E-state index >= 15 is 0 Å². The highest BCUT2D eigenvalue weighted by atomic mass is 16.4. The zero-order chi connectivity index (χ0) is 15.3. The first kappa shape index (κ1) is 15.8. The predicted molar refractivity (Wildman–Crippen MR) is 72.8 cm³/mol. The highest BCUT2D eigenvalue weighted by molar-refractivity contribution is 5.94. The van der Waals surface area contributed by atoms with Gasteiger partial charge in [0, 0.05) is 18.3 Å². The van der Waals surface area contributed by atoms with Crippen molar-refractivity contribution in [2.45, 2.75) is 26.0 Å². The maximum Gasteiger partial charge on any atom is 0.328 e. The molecule has 1 rings (SSSR count). The number of carboxylic acids is 1. The number of carboxylic acid groups (broad SMARTS) is 1. The van der Waals surface area contributed by atoms with Gasteiger partial charge in [0.25, 0.3) is 0 Å². The third-order valence-corrected chi connectivity index (χ3v) is 2.73. The van der Waals surface area contributed by atoms with Crippen molar-refractivity contribution in [2.75, 3.05) is 11.4 Å². The van der Waals surface area contributed by atoms with Gasteiger partial charge in [-0.1, -0.05) is 6.07 Å². The van der Waals surface area contributed by atoms with E-state index in [1.165, 1.54) is 24.0 Å². The van der Waals surface area contributed by atoms with Gasteiger partial charge in [-0.15, -0.1) is 0 Å². The van der Waals surface area contributed by atoms with Crippen LogP contribution >= 0.6 is 0 Å². The van der Waals surface area contributed by atoms with E-state index in [0.717, 1.165) is 0 Å². The summed E-state index contributed by atoms with van der Waals surface area (Å²) in [6.07, 6.45) is -1.22. The molecule has 0 spiro atoms. The van der Waals surface area contributed by atoms with Crippen LogP contribution in [0.3, 0.4) is 0 Å². The van der Waals surface area contributed by atoms with E-state index in [9.17, 15) is 19.8 Å². The summed E-state index contributed by atoms with van der Waals surface area (Å²) in [5.41, 5.74) is 0.430. The van der Waals surface area contributed by atoms with Gasteiger partial charge in [-0.2, -0.15) is 0 Å². The Hall–Kier alpha value is -2.28. The number of hydrogen-bond donors (Lipinski definition) is 4. The van der Waals surface area contributed by atoms with Gasteiger partial charge in [-0.05, 0) is 26.0 Å². The second kappa shape index (κ2) is 6.76. The molecule has 0 unspecified atom stereocenters. The van der Waals surface area contributed by atoms with Crippen LogP contribution in [0.15, 0.2) is 24.3 Å². The van der Waals surface area contributed by atoms with Crippen molar-refractivity contribution >= 4 is 17.7 Å². The molecule has 0 heterocycles. The standard InChI is InChI=1S/C13H18N2O5/c1-3-15(9-5-4-6-10(17)7-9)13(20)14-11(8(2)16)12(18)19/h4-8,11,16-17H,3H2,1-2H3,(H,14,20)(H,18,19)/t8-,11+/m1/s1. The molecule has 0 saturated carbocycles. The van der Waals surface area contributed by atoms with Gasteiger partial charge >= 0.3 is 12.0 Å². The summed E-state index contributed by atoms with van der Waals surface area (Å²) in [5.74, 6) is -1.32. The molecule has 1 aromatic carbocycles. The van der Waals surface area contributed by atoms with Gasteiger partial charge < -0.3 is 20.6 Å². The molecule has 20 heavy (non-hydrogen) atoms. The lowest BCUT2D eigenvalue weighted by Crippen LogP contribution is -2.52. The maximum atomic E-state index is 12.1. The first-order chi connectivity index (χ1) is 9.36. The van der Waals surface area contributed by atoms with Gasteiger partial charge in [0.05, 0.1) is 6.10 Å². The number of rotatable bonds is 5. The Morgan fingerprint density at radius 1 is 1.40 bits per heavy atom. The summed E-state index contributed by atoms with van der Waals surface area (Å²) in [4.78, 5) is 24.3. The molecule has 7 nitrogen and oxygen atoms in total. The number of carbonyl (C=O) groups is 2. The first-order valence-corrected chi connectivity index (χ1v) is 6.14. The van der Waals surface area contributed by atoms with Crippen LogP contribution in [-0.4, -0.2) is 46.0 Å². The van der Waals surface area contributed by atoms with E-state index in [2.05, 4.69) is 5.32 Å². The Morgan fingerprint density at radius 2 is 2.05 bits per heavy atom. The van der Waals surface area contributed by atoms with E-state index in [4.69, 9.17) is 5.11 Å². The molecule has 4 N–H and O–H groups in total. The Balaban J connectivity index is 2.90. The van der Waals surface area contributed by atoms with E-state index in [1.54, 1.807) is 19.1 Å². The average Bonchev–Trinajstić information content (AvgIpc) is 2.36. The van der Waals surface area contributed by atoms with Crippen molar-refractivity contribution in [3.05, 3.63) is 24.3 Å². The molecular weight excluding hydrogens is 264 g/mol. The average molecular weight is 282 g/mol. The molecule has 0 bridgehead atoms. The number of carbonyl (C=O) groups excluding carboxylic acids is 1. The molecule has 7 heteroatoms. The Labute approximate surface area is 116 Å². The van der Waals surface area contributed by atoms with Crippen molar-refractivity contribution in [2.24, 2.45) is 0 Å². The SMILES string of the molecule is CCN(C(=O)N[C@H](C(=O)O)[C@@H](C)O)c1cccc(O)c1. The van der Waals surface area contributed by atoms with E-state index in [0.29, 0.717) is 5.69 Å². The molecule has 0 aliphatic carbocycles. The molecule has 110 valence electrons. The van der Waals surface area contributed by atoms with Gasteiger partial charge in [0.2, 0.25) is 0 Å². The van der Waals surface area contributed by atoms with Crippen LogP contribution < -0.4 is 10.2 Å². The Bertz CT molecular complexity index is 489. The van der Waals surface area contributed by atoms with Gasteiger partial charge in [-0.25, -0.2) is 9.59 Å². The van der Waals surface area contributed by atoms with Crippen LogP contribution in [0.4, 0.5) is 10.5 Å². The summed E-state index contributed by atoms with van der Waals surface area (Å²) in [6, 6.07) is 3.98. The number of benzene rings is 1. The fourth-order valence-corrected chi connectivity index (χ4v) is 1.70. The number of phenolic OH excluding ortho intramolecular Hbond substituents is 1. The second-order valence-corrected chi connectivity index (χ2v) is 4.27. The van der Waals surface area contributed by atoms with Gasteiger partial charge in [-0.3, -0.25) is 4.90 Å². The molecule has 1 aromatic rings. The summed E-state index contributed by atoms with van der Waals surface area (Å²) < 4.78 is 0. The Morgan fingerprint density at radius 3 is 2.50 bits per heavy atom. The second-order valence-electron chi connectivity index (χ2n) is 4.27. The molecule has 0 radical (unpaired) electrons. The normalized spacial score (nSPS) is 13.3. The van der Waals surface area contributed by atoms with Crippen LogP contribution in [0, 0.1) is 0 Å². The van der Waals surface area contributed by atoms with E-state index in [-0.39, 0.29) is 12.3 Å². The van der Waals surface area contributed by atoms with Crippen LogP contribution in [0.5, 0.6) is 5.75 Å². The number of aliphatic hydroxyl groups excluding tert-OH is 1. The third-order valence-electron chi connectivity index (χ3n) is 2.73. The minimum Gasteiger partial charge on any atom is -0.508 e. The number of aliphatic carboxylic acids is 1. The topological polar surface area (TPSA) is 110 Å². The van der Waals surface area contributed by atoms with E-state index in [1.807, 2.05) is 0 Å². The lowest BCUT2D eigenvalue weighted by Gasteiger charge is -2.25. The van der Waals surface area contributed by atoms with Crippen LogP contribution in [-0.2, 0) is 4.79 Å². The van der Waals surface area contributed by atoms with E-state index < -0.39 is 24.1 Å². The maximum absolute atomic E-state index is 12.1. The molecular formula is C13H18N2O5. The molecule has 0 saturated heterocycles. The molecule has 0 fully saturated rings. The molecule has 0 aliphatic rings. The molecule has 2 atom stereocenters. The number of urea groups is 1.